The Kier molecular flexibility index (Phi) is 6.07. The molecule has 0 radical (unpaired) electrons. The Morgan fingerprint density at radius 3 is 2.52 bits per heavy atom. The SMILES string of the molecule is CC1(NC(=O)O[C@H]2C[C@@H](c3cc(NOC(=O)c4ccccc4)n(C(C)(C)C)n3)C[C@H]2F)CC1. The summed E-state index contributed by atoms with van der Waals surface area (Å²) in [7, 11) is 0. The molecule has 9 heteroatoms. The van der Waals surface area contributed by atoms with Crippen LogP contribution in [0.5, 0.6) is 0 Å². The van der Waals surface area contributed by atoms with Crippen LogP contribution in [-0.2, 0) is 15.1 Å². The van der Waals surface area contributed by atoms with E-state index in [-0.39, 0.29) is 17.9 Å². The van der Waals surface area contributed by atoms with Gasteiger partial charge in [0, 0.05) is 17.5 Å². The molecule has 1 aromatic carbocycles. The van der Waals surface area contributed by atoms with E-state index < -0.39 is 29.9 Å². The highest BCUT2D eigenvalue weighted by molar-refractivity contribution is 5.89. The maximum Gasteiger partial charge on any atom is 0.407 e. The van der Waals surface area contributed by atoms with Gasteiger partial charge in [-0.3, -0.25) is 0 Å². The molecule has 1 aromatic heterocycles. The van der Waals surface area contributed by atoms with Crippen molar-refractivity contribution in [2.45, 2.75) is 82.6 Å². The van der Waals surface area contributed by atoms with Crippen LogP contribution in [0, 0.1) is 0 Å². The standard InChI is InChI=1S/C24H31FN4O4/c1-23(2,3)29-20(28-33-21(30)15-8-6-5-7-9-15)14-18(27-29)16-12-17(25)19(13-16)32-22(31)26-24(4)10-11-24/h5-9,14,16-17,19,28H,10-13H2,1-4H3,(H,26,31)/t16-,17+,19-/m0/s1. The fourth-order valence-electron chi connectivity index (χ4n) is 3.95. The van der Waals surface area contributed by atoms with Gasteiger partial charge in [-0.05, 0) is 65.5 Å². The molecule has 1 amide bonds. The summed E-state index contributed by atoms with van der Waals surface area (Å²) >= 11 is 0. The predicted octanol–water partition coefficient (Wildman–Crippen LogP) is 4.68. The Bertz CT molecular complexity index is 1010. The zero-order valence-corrected chi connectivity index (χ0v) is 19.4. The third kappa shape index (κ3) is 5.46. The fourth-order valence-corrected chi connectivity index (χ4v) is 3.95. The third-order valence-electron chi connectivity index (χ3n) is 6.13. The number of aromatic nitrogens is 2. The van der Waals surface area contributed by atoms with Crippen LogP contribution in [0.1, 0.15) is 75.3 Å². The van der Waals surface area contributed by atoms with E-state index in [0.29, 0.717) is 23.5 Å². The van der Waals surface area contributed by atoms with Gasteiger partial charge in [-0.2, -0.15) is 5.10 Å². The van der Waals surface area contributed by atoms with Crippen molar-refractivity contribution < 1.29 is 23.6 Å². The van der Waals surface area contributed by atoms with Gasteiger partial charge < -0.3 is 14.9 Å². The summed E-state index contributed by atoms with van der Waals surface area (Å²) in [6.45, 7) is 7.84. The van der Waals surface area contributed by atoms with Crippen molar-refractivity contribution >= 4 is 17.9 Å². The van der Waals surface area contributed by atoms with Crippen molar-refractivity contribution in [1.82, 2.24) is 15.1 Å². The Hall–Kier alpha value is -3.10. The summed E-state index contributed by atoms with van der Waals surface area (Å²) in [6, 6.07) is 10.4. The molecule has 2 saturated carbocycles. The minimum atomic E-state index is -1.26. The number of halogens is 1. The Balaban J connectivity index is 1.44. The van der Waals surface area contributed by atoms with E-state index in [1.54, 1.807) is 35.0 Å². The topological polar surface area (TPSA) is 94.5 Å². The summed E-state index contributed by atoms with van der Waals surface area (Å²) in [5.74, 6) is -0.253. The zero-order chi connectivity index (χ0) is 23.8. The van der Waals surface area contributed by atoms with Crippen molar-refractivity contribution in [2.24, 2.45) is 0 Å². The first-order valence-electron chi connectivity index (χ1n) is 11.3. The van der Waals surface area contributed by atoms with Crippen LogP contribution < -0.4 is 10.8 Å². The number of hydrogen-bond acceptors (Lipinski definition) is 6. The molecule has 0 saturated heterocycles. The Morgan fingerprint density at radius 2 is 1.88 bits per heavy atom. The molecule has 2 aromatic rings. The number of alkyl carbamates (subject to hydrolysis) is 1. The molecular formula is C24H31FN4O4. The van der Waals surface area contributed by atoms with Gasteiger partial charge in [0.2, 0.25) is 0 Å². The van der Waals surface area contributed by atoms with Gasteiger partial charge in [-0.15, -0.1) is 0 Å². The predicted molar refractivity (Wildman–Crippen MR) is 121 cm³/mol. The second kappa shape index (κ2) is 8.68. The molecule has 4 rings (SSSR count). The van der Waals surface area contributed by atoms with Crippen LogP contribution in [0.25, 0.3) is 0 Å². The monoisotopic (exact) mass is 458 g/mol. The number of carbonyl (C=O) groups is 2. The van der Waals surface area contributed by atoms with Gasteiger partial charge in [0.25, 0.3) is 0 Å². The molecule has 0 unspecified atom stereocenters. The lowest BCUT2D eigenvalue weighted by molar-refractivity contribution is 0.0580. The fraction of sp³-hybridized carbons (Fsp3) is 0.542. The second-order valence-electron chi connectivity index (χ2n) is 10.2. The number of amides is 1. The number of ether oxygens (including phenoxy) is 1. The van der Waals surface area contributed by atoms with E-state index >= 15 is 0 Å². The number of nitrogens with zero attached hydrogens (tertiary/aromatic N) is 2. The average Bonchev–Trinajstić information content (AvgIpc) is 3.15. The first-order chi connectivity index (χ1) is 15.5. The molecule has 2 N–H and O–H groups in total. The van der Waals surface area contributed by atoms with Crippen LogP contribution in [0.4, 0.5) is 15.0 Å². The highest BCUT2D eigenvalue weighted by Crippen LogP contribution is 2.40. The normalized spacial score (nSPS) is 23.6. The molecule has 8 nitrogen and oxygen atoms in total. The van der Waals surface area contributed by atoms with Crippen molar-refractivity contribution in [1.29, 1.82) is 0 Å². The second-order valence-corrected chi connectivity index (χ2v) is 10.2. The summed E-state index contributed by atoms with van der Waals surface area (Å²) in [4.78, 5) is 29.7. The number of nitrogens with one attached hydrogen (secondary N) is 2. The largest absolute Gasteiger partial charge is 0.443 e. The number of carbonyl (C=O) groups excluding carboxylic acids is 2. The van der Waals surface area contributed by atoms with E-state index in [0.717, 1.165) is 12.8 Å². The molecule has 0 aliphatic heterocycles. The van der Waals surface area contributed by atoms with Crippen LogP contribution in [0.2, 0.25) is 0 Å². The van der Waals surface area contributed by atoms with E-state index in [2.05, 4.69) is 15.9 Å². The van der Waals surface area contributed by atoms with Gasteiger partial charge in [0.05, 0.1) is 16.8 Å². The van der Waals surface area contributed by atoms with Crippen LogP contribution >= 0.6 is 0 Å². The molecule has 0 bridgehead atoms. The van der Waals surface area contributed by atoms with Crippen molar-refractivity contribution in [3.05, 3.63) is 47.7 Å². The Labute approximate surface area is 192 Å². The van der Waals surface area contributed by atoms with Crippen LogP contribution in [0.15, 0.2) is 36.4 Å². The number of alkyl halides is 1. The molecule has 2 aliphatic rings. The number of rotatable bonds is 6. The maximum atomic E-state index is 14.7. The van der Waals surface area contributed by atoms with E-state index in [1.807, 2.05) is 33.8 Å². The van der Waals surface area contributed by atoms with E-state index in [9.17, 15) is 14.0 Å². The molecule has 3 atom stereocenters. The van der Waals surface area contributed by atoms with Crippen LogP contribution in [0.3, 0.4) is 0 Å². The highest BCUT2D eigenvalue weighted by atomic mass is 19.1. The highest BCUT2D eigenvalue weighted by Gasteiger charge is 2.43. The summed E-state index contributed by atoms with van der Waals surface area (Å²) in [5, 5.41) is 7.47. The molecule has 2 aliphatic carbocycles. The third-order valence-corrected chi connectivity index (χ3v) is 6.13. The van der Waals surface area contributed by atoms with E-state index in [4.69, 9.17) is 9.57 Å². The van der Waals surface area contributed by atoms with Gasteiger partial charge in [0.15, 0.2) is 5.82 Å². The maximum absolute atomic E-state index is 14.7. The summed E-state index contributed by atoms with van der Waals surface area (Å²) in [6.07, 6.45) is -0.287. The zero-order valence-electron chi connectivity index (χ0n) is 19.4. The lowest BCUT2D eigenvalue weighted by Crippen LogP contribution is -2.38. The number of benzene rings is 1. The average molecular weight is 459 g/mol. The van der Waals surface area contributed by atoms with Crippen molar-refractivity contribution in [3.63, 3.8) is 0 Å². The summed E-state index contributed by atoms with van der Waals surface area (Å²) < 4.78 is 21.8. The quantitative estimate of drug-likeness (QED) is 0.610. The first-order valence-corrected chi connectivity index (χ1v) is 11.3. The molecule has 178 valence electrons. The van der Waals surface area contributed by atoms with E-state index in [1.165, 1.54) is 0 Å². The smallest absolute Gasteiger partial charge is 0.407 e. The molecule has 2 fully saturated rings. The first kappa shape index (κ1) is 23.1. The van der Waals surface area contributed by atoms with Crippen molar-refractivity contribution in [3.8, 4) is 0 Å². The van der Waals surface area contributed by atoms with Gasteiger partial charge in [-0.25, -0.2) is 24.1 Å². The lowest BCUT2D eigenvalue weighted by atomic mass is 10.0. The van der Waals surface area contributed by atoms with Gasteiger partial charge >= 0.3 is 12.1 Å². The van der Waals surface area contributed by atoms with Gasteiger partial charge in [0.1, 0.15) is 12.3 Å². The Morgan fingerprint density at radius 1 is 1.18 bits per heavy atom. The molecule has 33 heavy (non-hydrogen) atoms. The minimum absolute atomic E-state index is 0.208. The van der Waals surface area contributed by atoms with Crippen molar-refractivity contribution in [2.75, 3.05) is 5.48 Å². The lowest BCUT2D eigenvalue weighted by Gasteiger charge is -2.22. The molecular weight excluding hydrogens is 427 g/mol. The number of hydrogen-bond donors (Lipinski definition) is 2. The molecule has 1 heterocycles. The van der Waals surface area contributed by atoms with Crippen LogP contribution in [-0.4, -0.2) is 39.7 Å². The summed E-state index contributed by atoms with van der Waals surface area (Å²) in [5.41, 5.74) is 3.16. The minimum Gasteiger partial charge on any atom is -0.443 e. The van der Waals surface area contributed by atoms with Gasteiger partial charge in [-0.1, -0.05) is 18.2 Å². The molecule has 0 spiro atoms. The number of anilines is 1.